The third-order valence-electron chi connectivity index (χ3n) is 4.11. The molecule has 1 aliphatic rings. The molecule has 3 N–H and O–H groups in total. The first kappa shape index (κ1) is 16.3. The monoisotopic (exact) mass is 328 g/mol. The van der Waals surface area contributed by atoms with Gasteiger partial charge in [0.15, 0.2) is 11.6 Å². The molecule has 7 nitrogen and oxygen atoms in total. The molecule has 7 heteroatoms. The number of hydrogen-bond donors (Lipinski definition) is 2. The number of piperazine rings is 1. The number of nitrogen functional groups attached to an aromatic ring is 1. The van der Waals surface area contributed by atoms with Gasteiger partial charge in [-0.15, -0.1) is 0 Å². The van der Waals surface area contributed by atoms with E-state index in [0.29, 0.717) is 18.1 Å². The highest BCUT2D eigenvalue weighted by Gasteiger charge is 2.19. The van der Waals surface area contributed by atoms with Crippen molar-refractivity contribution < 1.29 is 4.74 Å². The summed E-state index contributed by atoms with van der Waals surface area (Å²) in [6, 6.07) is 7.76. The molecule has 0 atom stereocenters. The summed E-state index contributed by atoms with van der Waals surface area (Å²) in [5, 5.41) is 3.28. The van der Waals surface area contributed by atoms with Crippen LogP contribution in [-0.4, -0.2) is 54.7 Å². The van der Waals surface area contributed by atoms with Crippen LogP contribution in [0.5, 0.6) is 5.75 Å². The lowest BCUT2D eigenvalue weighted by molar-refractivity contribution is 0.312. The standard InChI is InChI=1S/C17H24N6O/c1-3-24-14-7-5-4-6-13(14)21-16-15(18)17(20-12-19-16)23-10-8-22(2)9-11-23/h4-7,12H,3,8-11,18H2,1-2H3,(H,19,20,21). The fourth-order valence-corrected chi connectivity index (χ4v) is 2.73. The lowest BCUT2D eigenvalue weighted by Gasteiger charge is -2.33. The highest BCUT2D eigenvalue weighted by molar-refractivity contribution is 5.79. The average Bonchev–Trinajstić information content (AvgIpc) is 2.60. The van der Waals surface area contributed by atoms with E-state index in [1.807, 2.05) is 31.2 Å². The van der Waals surface area contributed by atoms with Crippen LogP contribution in [0.1, 0.15) is 6.92 Å². The number of anilines is 4. The number of nitrogens with one attached hydrogen (secondary N) is 1. The van der Waals surface area contributed by atoms with Gasteiger partial charge in [-0.3, -0.25) is 0 Å². The van der Waals surface area contributed by atoms with E-state index in [2.05, 4.69) is 32.1 Å². The molecule has 3 rings (SSSR count). The van der Waals surface area contributed by atoms with Crippen molar-refractivity contribution in [3.63, 3.8) is 0 Å². The van der Waals surface area contributed by atoms with Gasteiger partial charge in [0.2, 0.25) is 0 Å². The maximum absolute atomic E-state index is 6.34. The summed E-state index contributed by atoms with van der Waals surface area (Å²) in [6.07, 6.45) is 1.55. The number of likely N-dealkylation sites (N-methyl/N-ethyl adjacent to an activating group) is 1. The van der Waals surface area contributed by atoms with E-state index in [0.717, 1.165) is 43.4 Å². The number of aromatic nitrogens is 2. The maximum atomic E-state index is 6.34. The van der Waals surface area contributed by atoms with E-state index in [-0.39, 0.29) is 0 Å². The third-order valence-corrected chi connectivity index (χ3v) is 4.11. The molecule has 0 saturated carbocycles. The number of nitrogens with zero attached hydrogens (tertiary/aromatic N) is 4. The summed E-state index contributed by atoms with van der Waals surface area (Å²) in [5.74, 6) is 2.17. The van der Waals surface area contributed by atoms with Crippen LogP contribution in [0.25, 0.3) is 0 Å². The van der Waals surface area contributed by atoms with Gasteiger partial charge < -0.3 is 25.6 Å². The van der Waals surface area contributed by atoms with Gasteiger partial charge in [-0.05, 0) is 26.1 Å². The molecule has 1 aliphatic heterocycles. The molecule has 2 heterocycles. The van der Waals surface area contributed by atoms with Crippen molar-refractivity contribution >= 4 is 23.0 Å². The second kappa shape index (κ2) is 7.35. The summed E-state index contributed by atoms with van der Waals surface area (Å²) in [4.78, 5) is 13.2. The molecule has 0 amide bonds. The Balaban J connectivity index is 1.83. The van der Waals surface area contributed by atoms with Gasteiger partial charge in [0, 0.05) is 26.2 Å². The molecule has 2 aromatic rings. The predicted octanol–water partition coefficient (Wildman–Crippen LogP) is 1.95. The molecule has 1 saturated heterocycles. The van der Waals surface area contributed by atoms with E-state index in [4.69, 9.17) is 10.5 Å². The van der Waals surface area contributed by atoms with Crippen molar-refractivity contribution in [2.45, 2.75) is 6.92 Å². The Morgan fingerprint density at radius 1 is 1.17 bits per heavy atom. The van der Waals surface area contributed by atoms with Crippen LogP contribution >= 0.6 is 0 Å². The number of nitrogens with two attached hydrogens (primary N) is 1. The molecule has 0 unspecified atom stereocenters. The van der Waals surface area contributed by atoms with Crippen LogP contribution in [0.15, 0.2) is 30.6 Å². The van der Waals surface area contributed by atoms with Crippen LogP contribution in [0.2, 0.25) is 0 Å². The zero-order chi connectivity index (χ0) is 16.9. The number of benzene rings is 1. The topological polar surface area (TPSA) is 79.5 Å². The second-order valence-electron chi connectivity index (χ2n) is 5.80. The Bertz CT molecular complexity index is 685. The molecular weight excluding hydrogens is 304 g/mol. The molecule has 24 heavy (non-hydrogen) atoms. The molecule has 1 aromatic heterocycles. The molecular formula is C17H24N6O. The van der Waals surface area contributed by atoms with Crippen molar-refractivity contribution in [3.8, 4) is 5.75 Å². The van der Waals surface area contributed by atoms with E-state index >= 15 is 0 Å². The Hall–Kier alpha value is -2.54. The molecule has 0 spiro atoms. The van der Waals surface area contributed by atoms with Gasteiger partial charge in [-0.2, -0.15) is 0 Å². The summed E-state index contributed by atoms with van der Waals surface area (Å²) in [5.41, 5.74) is 7.74. The highest BCUT2D eigenvalue weighted by Crippen LogP contribution is 2.32. The van der Waals surface area contributed by atoms with Crippen LogP contribution in [0, 0.1) is 0 Å². The highest BCUT2D eigenvalue weighted by atomic mass is 16.5. The fourth-order valence-electron chi connectivity index (χ4n) is 2.73. The van der Waals surface area contributed by atoms with E-state index in [1.54, 1.807) is 6.33 Å². The number of rotatable bonds is 5. The molecule has 0 radical (unpaired) electrons. The molecule has 1 aromatic carbocycles. The predicted molar refractivity (Wildman–Crippen MR) is 97.0 cm³/mol. The molecule has 1 fully saturated rings. The quantitative estimate of drug-likeness (QED) is 0.868. The minimum atomic E-state index is 0.563. The zero-order valence-corrected chi connectivity index (χ0v) is 14.2. The van der Waals surface area contributed by atoms with E-state index in [9.17, 15) is 0 Å². The third kappa shape index (κ3) is 3.51. The summed E-state index contributed by atoms with van der Waals surface area (Å²) >= 11 is 0. The van der Waals surface area contributed by atoms with Crippen LogP contribution in [0.4, 0.5) is 23.0 Å². The molecule has 0 aliphatic carbocycles. The van der Waals surface area contributed by atoms with Gasteiger partial charge >= 0.3 is 0 Å². The first-order chi connectivity index (χ1) is 11.7. The average molecular weight is 328 g/mol. The first-order valence-electron chi connectivity index (χ1n) is 8.22. The SMILES string of the molecule is CCOc1ccccc1Nc1ncnc(N2CCN(C)CC2)c1N. The van der Waals surface area contributed by atoms with Gasteiger partial charge in [-0.1, -0.05) is 12.1 Å². The van der Waals surface area contributed by atoms with Gasteiger partial charge in [0.25, 0.3) is 0 Å². The van der Waals surface area contributed by atoms with Crippen molar-refractivity contribution in [3.05, 3.63) is 30.6 Å². The van der Waals surface area contributed by atoms with Crippen molar-refractivity contribution in [1.82, 2.24) is 14.9 Å². The maximum Gasteiger partial charge on any atom is 0.159 e. The van der Waals surface area contributed by atoms with Crippen LogP contribution in [-0.2, 0) is 0 Å². The first-order valence-corrected chi connectivity index (χ1v) is 8.22. The van der Waals surface area contributed by atoms with Gasteiger partial charge in [-0.25, -0.2) is 9.97 Å². The fraction of sp³-hybridized carbons (Fsp3) is 0.412. The zero-order valence-electron chi connectivity index (χ0n) is 14.2. The number of hydrogen-bond acceptors (Lipinski definition) is 7. The Labute approximate surface area is 142 Å². The summed E-state index contributed by atoms with van der Waals surface area (Å²) < 4.78 is 5.64. The minimum absolute atomic E-state index is 0.563. The number of para-hydroxylation sites is 2. The lowest BCUT2D eigenvalue weighted by Crippen LogP contribution is -2.45. The normalized spacial score (nSPS) is 15.3. The van der Waals surface area contributed by atoms with Crippen molar-refractivity contribution in [2.24, 2.45) is 0 Å². The minimum Gasteiger partial charge on any atom is -0.492 e. The van der Waals surface area contributed by atoms with E-state index < -0.39 is 0 Å². The molecule has 128 valence electrons. The van der Waals surface area contributed by atoms with Crippen LogP contribution in [0.3, 0.4) is 0 Å². The van der Waals surface area contributed by atoms with Gasteiger partial charge in [0.1, 0.15) is 17.8 Å². The Morgan fingerprint density at radius 2 is 1.92 bits per heavy atom. The summed E-state index contributed by atoms with van der Waals surface area (Å²) in [7, 11) is 2.12. The van der Waals surface area contributed by atoms with E-state index in [1.165, 1.54) is 0 Å². The second-order valence-corrected chi connectivity index (χ2v) is 5.80. The van der Waals surface area contributed by atoms with Crippen molar-refractivity contribution in [2.75, 3.05) is 55.8 Å². The lowest BCUT2D eigenvalue weighted by atomic mass is 10.2. The smallest absolute Gasteiger partial charge is 0.159 e. The molecule has 0 bridgehead atoms. The Kier molecular flexibility index (Phi) is 5.00. The largest absolute Gasteiger partial charge is 0.492 e. The van der Waals surface area contributed by atoms with Crippen molar-refractivity contribution in [1.29, 1.82) is 0 Å². The Morgan fingerprint density at radius 3 is 2.67 bits per heavy atom. The number of ether oxygens (including phenoxy) is 1. The van der Waals surface area contributed by atoms with Gasteiger partial charge in [0.05, 0.1) is 12.3 Å². The van der Waals surface area contributed by atoms with Crippen LogP contribution < -0.4 is 20.7 Å². The summed E-state index contributed by atoms with van der Waals surface area (Å²) in [6.45, 7) is 6.38.